The summed E-state index contributed by atoms with van der Waals surface area (Å²) >= 11 is 0. The highest BCUT2D eigenvalue weighted by Gasteiger charge is 2.60. The number of fused-ring (bicyclic) bond motifs is 3. The SMILES string of the molecule is CC1(C)O[C@H]2[C@@H](O1)[C@@H](CC[C@@H]1O[C@H](CO)[C@H](O)[C@H](O)[C@H]1O)O[C@@H]1OC(C)(C)O[C@@H]12. The van der Waals surface area contributed by atoms with Gasteiger partial charge in [-0.05, 0) is 40.5 Å². The molecule has 0 spiro atoms. The van der Waals surface area contributed by atoms with Crippen molar-refractivity contribution >= 4 is 0 Å². The van der Waals surface area contributed by atoms with Crippen molar-refractivity contribution in [2.24, 2.45) is 0 Å². The molecule has 0 saturated carbocycles. The fraction of sp³-hybridized carbons (Fsp3) is 1.00. The van der Waals surface area contributed by atoms with Gasteiger partial charge in [-0.25, -0.2) is 0 Å². The second kappa shape index (κ2) is 7.63. The van der Waals surface area contributed by atoms with Crippen LogP contribution in [0.25, 0.3) is 0 Å². The summed E-state index contributed by atoms with van der Waals surface area (Å²) in [5, 5.41) is 39.6. The van der Waals surface area contributed by atoms with E-state index in [4.69, 9.17) is 28.4 Å². The molecule has 4 saturated heterocycles. The van der Waals surface area contributed by atoms with E-state index >= 15 is 0 Å². The van der Waals surface area contributed by atoms with E-state index in [9.17, 15) is 20.4 Å². The average molecular weight is 420 g/mol. The fourth-order valence-electron chi connectivity index (χ4n) is 4.67. The van der Waals surface area contributed by atoms with Gasteiger partial charge >= 0.3 is 0 Å². The second-order valence-electron chi connectivity index (χ2n) is 9.15. The maximum atomic E-state index is 10.3. The molecule has 0 aromatic carbocycles. The first kappa shape index (κ1) is 21.8. The molecule has 10 nitrogen and oxygen atoms in total. The number of ether oxygens (including phenoxy) is 6. The molecule has 0 amide bonds. The molecule has 4 rings (SSSR count). The van der Waals surface area contributed by atoms with Crippen LogP contribution in [0.2, 0.25) is 0 Å². The summed E-state index contributed by atoms with van der Waals surface area (Å²) in [4.78, 5) is 0. The van der Waals surface area contributed by atoms with E-state index in [-0.39, 0.29) is 6.10 Å². The number of rotatable bonds is 4. The lowest BCUT2D eigenvalue weighted by Crippen LogP contribution is -2.59. The summed E-state index contributed by atoms with van der Waals surface area (Å²) in [7, 11) is 0. The standard InChI is InChI=1S/C19H32O10/c1-18(2)26-14-9(25-17-16(15(14)27-18)28-19(3,4)29-17)6-5-8-11(21)13(23)12(22)10(7-20)24-8/h8-17,20-23H,5-7H2,1-4H3/t8-,9+,10+,11-,12-,13+,14-,15-,16+,17+/m0/s1. The van der Waals surface area contributed by atoms with Crippen LogP contribution in [0.5, 0.6) is 0 Å². The average Bonchev–Trinajstić information content (AvgIpc) is 3.13. The molecule has 0 bridgehead atoms. The van der Waals surface area contributed by atoms with Crippen molar-refractivity contribution in [3.63, 3.8) is 0 Å². The number of hydrogen-bond acceptors (Lipinski definition) is 10. The molecule has 10 atom stereocenters. The monoisotopic (exact) mass is 420 g/mol. The molecular formula is C19H32O10. The van der Waals surface area contributed by atoms with E-state index in [0.717, 1.165) is 0 Å². The first-order valence-corrected chi connectivity index (χ1v) is 10.2. The van der Waals surface area contributed by atoms with E-state index in [2.05, 4.69) is 0 Å². The van der Waals surface area contributed by atoms with Gasteiger partial charge in [-0.1, -0.05) is 0 Å². The molecule has 10 heteroatoms. The van der Waals surface area contributed by atoms with Crippen LogP contribution in [0.1, 0.15) is 40.5 Å². The molecular weight excluding hydrogens is 388 g/mol. The van der Waals surface area contributed by atoms with Gasteiger partial charge in [0.15, 0.2) is 17.9 Å². The molecule has 0 aliphatic carbocycles. The van der Waals surface area contributed by atoms with Crippen LogP contribution in [0, 0.1) is 0 Å². The Balaban J connectivity index is 1.45. The molecule has 4 aliphatic heterocycles. The van der Waals surface area contributed by atoms with E-state index < -0.39 is 73.3 Å². The smallest absolute Gasteiger partial charge is 0.190 e. The van der Waals surface area contributed by atoms with Crippen molar-refractivity contribution in [3.05, 3.63) is 0 Å². The second-order valence-corrected chi connectivity index (χ2v) is 9.15. The number of aliphatic hydroxyl groups is 4. The lowest BCUT2D eigenvalue weighted by Gasteiger charge is -2.41. The zero-order valence-electron chi connectivity index (χ0n) is 17.1. The van der Waals surface area contributed by atoms with Crippen LogP contribution in [0.4, 0.5) is 0 Å². The first-order valence-electron chi connectivity index (χ1n) is 10.2. The minimum Gasteiger partial charge on any atom is -0.394 e. The summed E-state index contributed by atoms with van der Waals surface area (Å²) in [5.74, 6) is -1.60. The third kappa shape index (κ3) is 4.08. The Morgan fingerprint density at radius 1 is 0.621 bits per heavy atom. The number of hydrogen-bond donors (Lipinski definition) is 4. The Kier molecular flexibility index (Phi) is 5.74. The first-order chi connectivity index (χ1) is 13.5. The van der Waals surface area contributed by atoms with Gasteiger partial charge in [-0.3, -0.25) is 0 Å². The zero-order valence-corrected chi connectivity index (χ0v) is 17.1. The van der Waals surface area contributed by atoms with Gasteiger partial charge in [0.2, 0.25) is 0 Å². The Morgan fingerprint density at radius 3 is 1.86 bits per heavy atom. The summed E-state index contributed by atoms with van der Waals surface area (Å²) in [5.41, 5.74) is 0. The molecule has 4 N–H and O–H groups in total. The van der Waals surface area contributed by atoms with Gasteiger partial charge in [0, 0.05) is 0 Å². The van der Waals surface area contributed by atoms with Crippen molar-refractivity contribution in [2.45, 2.75) is 113 Å². The van der Waals surface area contributed by atoms with Crippen molar-refractivity contribution in [1.82, 2.24) is 0 Å². The van der Waals surface area contributed by atoms with Gasteiger partial charge in [0.1, 0.15) is 42.7 Å². The molecule has 0 aromatic heterocycles. The Morgan fingerprint density at radius 2 is 1.17 bits per heavy atom. The predicted molar refractivity (Wildman–Crippen MR) is 95.5 cm³/mol. The Bertz CT molecular complexity index is 596. The third-order valence-corrected chi connectivity index (χ3v) is 5.98. The van der Waals surface area contributed by atoms with E-state index in [1.807, 2.05) is 27.7 Å². The highest BCUT2D eigenvalue weighted by molar-refractivity contribution is 5.01. The van der Waals surface area contributed by atoms with E-state index in [0.29, 0.717) is 12.8 Å². The van der Waals surface area contributed by atoms with Crippen molar-refractivity contribution in [1.29, 1.82) is 0 Å². The van der Waals surface area contributed by atoms with Gasteiger partial charge in [0.05, 0.1) is 18.8 Å². The van der Waals surface area contributed by atoms with Crippen LogP contribution in [0.3, 0.4) is 0 Å². The third-order valence-electron chi connectivity index (χ3n) is 5.98. The van der Waals surface area contributed by atoms with Crippen LogP contribution < -0.4 is 0 Å². The van der Waals surface area contributed by atoms with Crippen LogP contribution in [-0.4, -0.2) is 99.8 Å². The van der Waals surface area contributed by atoms with Gasteiger partial charge < -0.3 is 48.8 Å². The van der Waals surface area contributed by atoms with Gasteiger partial charge in [-0.2, -0.15) is 0 Å². The molecule has 29 heavy (non-hydrogen) atoms. The molecule has 0 radical (unpaired) electrons. The van der Waals surface area contributed by atoms with Gasteiger partial charge in [-0.15, -0.1) is 0 Å². The lowest BCUT2D eigenvalue weighted by atomic mass is 9.90. The molecule has 4 heterocycles. The van der Waals surface area contributed by atoms with Crippen molar-refractivity contribution in [2.75, 3.05) is 6.61 Å². The maximum Gasteiger partial charge on any atom is 0.190 e. The van der Waals surface area contributed by atoms with Crippen molar-refractivity contribution < 1.29 is 48.8 Å². The minimum atomic E-state index is -1.40. The maximum absolute atomic E-state index is 10.3. The van der Waals surface area contributed by atoms with E-state index in [1.165, 1.54) is 0 Å². The highest BCUT2D eigenvalue weighted by atomic mass is 16.9. The minimum absolute atomic E-state index is 0.320. The lowest BCUT2D eigenvalue weighted by molar-refractivity contribution is -0.246. The summed E-state index contributed by atoms with van der Waals surface area (Å²) in [6.07, 6.45) is -7.19. The molecule has 0 aromatic rings. The topological polar surface area (TPSA) is 136 Å². The van der Waals surface area contributed by atoms with Crippen LogP contribution in [-0.2, 0) is 28.4 Å². The Hall–Kier alpha value is -0.400. The van der Waals surface area contributed by atoms with Crippen LogP contribution in [0.15, 0.2) is 0 Å². The normalized spacial score (nSPS) is 50.9. The Labute approximate surface area is 169 Å². The molecule has 0 unspecified atom stereocenters. The molecule has 168 valence electrons. The predicted octanol–water partition coefficient (Wildman–Crippen LogP) is -0.994. The summed E-state index contributed by atoms with van der Waals surface area (Å²) in [6, 6.07) is 0. The largest absolute Gasteiger partial charge is 0.394 e. The summed E-state index contributed by atoms with van der Waals surface area (Å²) < 4.78 is 35.7. The number of aliphatic hydroxyl groups excluding tert-OH is 4. The van der Waals surface area contributed by atoms with Crippen molar-refractivity contribution in [3.8, 4) is 0 Å². The summed E-state index contributed by atoms with van der Waals surface area (Å²) in [6.45, 7) is 6.83. The zero-order chi connectivity index (χ0) is 21.1. The van der Waals surface area contributed by atoms with Crippen LogP contribution >= 0.6 is 0 Å². The fourth-order valence-corrected chi connectivity index (χ4v) is 4.67. The quantitative estimate of drug-likeness (QED) is 0.448. The van der Waals surface area contributed by atoms with E-state index in [1.54, 1.807) is 0 Å². The molecule has 4 aliphatic rings. The van der Waals surface area contributed by atoms with Gasteiger partial charge in [0.25, 0.3) is 0 Å². The molecule has 4 fully saturated rings. The highest BCUT2D eigenvalue weighted by Crippen LogP contribution is 2.45.